The second kappa shape index (κ2) is 9.08. The van der Waals surface area contributed by atoms with Crippen LogP contribution in [-0.4, -0.2) is 39.1 Å². The van der Waals surface area contributed by atoms with Gasteiger partial charge in [0.2, 0.25) is 0 Å². The number of benzene rings is 2. The van der Waals surface area contributed by atoms with E-state index in [9.17, 15) is 9.59 Å². The van der Waals surface area contributed by atoms with Crippen LogP contribution in [0.4, 0.5) is 0 Å². The van der Waals surface area contributed by atoms with Crippen LogP contribution in [0.15, 0.2) is 46.9 Å². The normalized spacial score (nSPS) is 10.0. The Morgan fingerprint density at radius 3 is 1.92 bits per heavy atom. The maximum absolute atomic E-state index is 12.4. The van der Waals surface area contributed by atoms with E-state index >= 15 is 0 Å². The SMILES string of the molecule is COc1cccc(OC)c1C(=O)NCCNC(=O)c1ccc(Br)cc1. The highest BCUT2D eigenvalue weighted by Gasteiger charge is 2.17. The predicted molar refractivity (Wildman–Crippen MR) is 98.4 cm³/mol. The molecule has 2 aromatic rings. The molecule has 25 heavy (non-hydrogen) atoms. The summed E-state index contributed by atoms with van der Waals surface area (Å²) < 4.78 is 11.3. The minimum atomic E-state index is -0.327. The molecule has 0 atom stereocenters. The highest BCUT2D eigenvalue weighted by molar-refractivity contribution is 9.10. The van der Waals surface area contributed by atoms with E-state index in [-0.39, 0.29) is 18.4 Å². The van der Waals surface area contributed by atoms with Crippen molar-refractivity contribution in [2.45, 2.75) is 0 Å². The lowest BCUT2D eigenvalue weighted by molar-refractivity contribution is 0.0924. The van der Waals surface area contributed by atoms with Crippen molar-refractivity contribution in [1.29, 1.82) is 0 Å². The van der Waals surface area contributed by atoms with Crippen molar-refractivity contribution < 1.29 is 19.1 Å². The third-order valence-electron chi connectivity index (χ3n) is 3.46. The zero-order valence-electron chi connectivity index (χ0n) is 14.0. The second-order valence-electron chi connectivity index (χ2n) is 5.06. The number of halogens is 1. The molecule has 0 aliphatic carbocycles. The van der Waals surface area contributed by atoms with Gasteiger partial charge in [0.15, 0.2) is 0 Å². The number of hydrogen-bond donors (Lipinski definition) is 2. The zero-order chi connectivity index (χ0) is 18.2. The number of carbonyl (C=O) groups is 2. The number of carbonyl (C=O) groups excluding carboxylic acids is 2. The molecule has 2 rings (SSSR count). The maximum Gasteiger partial charge on any atom is 0.258 e. The van der Waals surface area contributed by atoms with Crippen molar-refractivity contribution in [3.63, 3.8) is 0 Å². The number of methoxy groups -OCH3 is 2. The molecule has 0 aromatic heterocycles. The Morgan fingerprint density at radius 1 is 0.880 bits per heavy atom. The van der Waals surface area contributed by atoms with Gasteiger partial charge in [0.1, 0.15) is 17.1 Å². The van der Waals surface area contributed by atoms with Crippen molar-refractivity contribution >= 4 is 27.7 Å². The van der Waals surface area contributed by atoms with Gasteiger partial charge in [-0.15, -0.1) is 0 Å². The van der Waals surface area contributed by atoms with Gasteiger partial charge in [-0.3, -0.25) is 9.59 Å². The van der Waals surface area contributed by atoms with Crippen LogP contribution in [-0.2, 0) is 0 Å². The predicted octanol–water partition coefficient (Wildman–Crippen LogP) is 2.63. The number of nitrogens with one attached hydrogen (secondary N) is 2. The van der Waals surface area contributed by atoms with E-state index in [2.05, 4.69) is 26.6 Å². The summed E-state index contributed by atoms with van der Waals surface area (Å²) in [4.78, 5) is 24.4. The molecular weight excluding hydrogens is 388 g/mol. The molecule has 0 fully saturated rings. The summed E-state index contributed by atoms with van der Waals surface area (Å²) >= 11 is 3.32. The molecule has 2 amide bonds. The molecule has 0 spiro atoms. The van der Waals surface area contributed by atoms with E-state index in [0.717, 1.165) is 4.47 Å². The molecule has 0 saturated carbocycles. The van der Waals surface area contributed by atoms with Gasteiger partial charge >= 0.3 is 0 Å². The molecule has 0 aliphatic rings. The molecule has 0 saturated heterocycles. The fraction of sp³-hybridized carbons (Fsp3) is 0.222. The highest BCUT2D eigenvalue weighted by Crippen LogP contribution is 2.27. The standard InChI is InChI=1S/C18H19BrN2O4/c1-24-14-4-3-5-15(25-2)16(14)18(23)21-11-10-20-17(22)12-6-8-13(19)9-7-12/h3-9H,10-11H2,1-2H3,(H,20,22)(H,21,23). The van der Waals surface area contributed by atoms with Crippen LogP contribution < -0.4 is 20.1 Å². The number of hydrogen-bond acceptors (Lipinski definition) is 4. The van der Waals surface area contributed by atoms with E-state index in [1.165, 1.54) is 14.2 Å². The first kappa shape index (κ1) is 18.8. The average molecular weight is 407 g/mol. The summed E-state index contributed by atoms with van der Waals surface area (Å²) in [6.07, 6.45) is 0. The Labute approximate surface area is 154 Å². The van der Waals surface area contributed by atoms with Crippen LogP contribution in [0, 0.1) is 0 Å². The Hall–Kier alpha value is -2.54. The molecular formula is C18H19BrN2O4. The summed E-state index contributed by atoms with van der Waals surface area (Å²) in [6, 6.07) is 12.1. The Morgan fingerprint density at radius 2 is 1.40 bits per heavy atom. The number of rotatable bonds is 7. The topological polar surface area (TPSA) is 76.7 Å². The van der Waals surface area contributed by atoms with E-state index < -0.39 is 0 Å². The minimum Gasteiger partial charge on any atom is -0.496 e. The number of amides is 2. The van der Waals surface area contributed by atoms with Crippen LogP contribution in [0.3, 0.4) is 0 Å². The lowest BCUT2D eigenvalue weighted by Gasteiger charge is -2.13. The molecule has 0 unspecified atom stereocenters. The Kier molecular flexibility index (Phi) is 6.82. The third kappa shape index (κ3) is 4.96. The van der Waals surface area contributed by atoms with E-state index in [0.29, 0.717) is 29.2 Å². The molecule has 0 aliphatic heterocycles. The van der Waals surface area contributed by atoms with Gasteiger partial charge in [-0.1, -0.05) is 22.0 Å². The monoisotopic (exact) mass is 406 g/mol. The molecule has 0 radical (unpaired) electrons. The molecule has 0 heterocycles. The van der Waals surface area contributed by atoms with E-state index in [1.807, 2.05) is 0 Å². The highest BCUT2D eigenvalue weighted by atomic mass is 79.9. The van der Waals surface area contributed by atoms with Gasteiger partial charge in [-0.05, 0) is 36.4 Å². The summed E-state index contributed by atoms with van der Waals surface area (Å²) in [5.41, 5.74) is 0.882. The second-order valence-corrected chi connectivity index (χ2v) is 5.97. The summed E-state index contributed by atoms with van der Waals surface area (Å²) in [7, 11) is 2.98. The van der Waals surface area contributed by atoms with Crippen molar-refractivity contribution in [1.82, 2.24) is 10.6 Å². The fourth-order valence-corrected chi connectivity index (χ4v) is 2.48. The van der Waals surface area contributed by atoms with Gasteiger partial charge in [0.05, 0.1) is 14.2 Å². The van der Waals surface area contributed by atoms with E-state index in [1.54, 1.807) is 42.5 Å². The quantitative estimate of drug-likeness (QED) is 0.692. The van der Waals surface area contributed by atoms with Crippen molar-refractivity contribution in [2.24, 2.45) is 0 Å². The summed E-state index contributed by atoms with van der Waals surface area (Å²) in [5, 5.41) is 5.49. The average Bonchev–Trinajstić information content (AvgIpc) is 2.64. The van der Waals surface area contributed by atoms with Gasteiger partial charge in [0, 0.05) is 23.1 Å². The van der Waals surface area contributed by atoms with Gasteiger partial charge in [-0.25, -0.2) is 0 Å². The van der Waals surface area contributed by atoms with Gasteiger partial charge in [-0.2, -0.15) is 0 Å². The fourth-order valence-electron chi connectivity index (χ4n) is 2.22. The maximum atomic E-state index is 12.4. The first-order chi connectivity index (χ1) is 12.1. The first-order valence-electron chi connectivity index (χ1n) is 7.59. The van der Waals surface area contributed by atoms with Crippen LogP contribution in [0.25, 0.3) is 0 Å². The Balaban J connectivity index is 1.89. The van der Waals surface area contributed by atoms with Crippen LogP contribution in [0.5, 0.6) is 11.5 Å². The lowest BCUT2D eigenvalue weighted by atomic mass is 10.1. The minimum absolute atomic E-state index is 0.198. The summed E-state index contributed by atoms with van der Waals surface area (Å²) in [6.45, 7) is 0.584. The van der Waals surface area contributed by atoms with Crippen molar-refractivity contribution in [3.8, 4) is 11.5 Å². The van der Waals surface area contributed by atoms with Crippen molar-refractivity contribution in [2.75, 3.05) is 27.3 Å². The summed E-state index contributed by atoms with van der Waals surface area (Å²) in [5.74, 6) is 0.329. The van der Waals surface area contributed by atoms with Crippen LogP contribution in [0.2, 0.25) is 0 Å². The first-order valence-corrected chi connectivity index (χ1v) is 8.39. The molecule has 6 nitrogen and oxygen atoms in total. The molecule has 2 N–H and O–H groups in total. The largest absolute Gasteiger partial charge is 0.496 e. The van der Waals surface area contributed by atoms with E-state index in [4.69, 9.17) is 9.47 Å². The Bertz CT molecular complexity index is 725. The zero-order valence-corrected chi connectivity index (χ0v) is 15.6. The number of ether oxygens (including phenoxy) is 2. The molecule has 132 valence electrons. The van der Waals surface area contributed by atoms with Gasteiger partial charge < -0.3 is 20.1 Å². The lowest BCUT2D eigenvalue weighted by Crippen LogP contribution is -2.35. The van der Waals surface area contributed by atoms with Crippen LogP contribution in [0.1, 0.15) is 20.7 Å². The third-order valence-corrected chi connectivity index (χ3v) is 3.99. The smallest absolute Gasteiger partial charge is 0.258 e. The van der Waals surface area contributed by atoms with Crippen molar-refractivity contribution in [3.05, 3.63) is 58.1 Å². The van der Waals surface area contributed by atoms with Gasteiger partial charge in [0.25, 0.3) is 11.8 Å². The molecule has 7 heteroatoms. The molecule has 0 bridgehead atoms. The van der Waals surface area contributed by atoms with Crippen LogP contribution >= 0.6 is 15.9 Å². The molecule has 2 aromatic carbocycles.